The monoisotopic (exact) mass is 397 g/mol. The average molecular weight is 398 g/mol. The molecule has 1 aliphatic rings. The van der Waals surface area contributed by atoms with E-state index in [-0.39, 0.29) is 31.3 Å². The number of unbranched alkanes of at least 4 members (excludes halogenated alkanes) is 11. The first-order valence-corrected chi connectivity index (χ1v) is 11.5. The highest BCUT2D eigenvalue weighted by Crippen LogP contribution is 2.35. The van der Waals surface area contributed by atoms with E-state index in [2.05, 4.69) is 16.9 Å². The first-order valence-electron chi connectivity index (χ1n) is 11.5. The lowest BCUT2D eigenvalue weighted by Gasteiger charge is -2.23. The number of rotatable bonds is 17. The SMILES string of the molecule is CCCCCCCCCCCCCC[C@H]1OC(C)(C)O[C@H]1[C@H](CO)CN=[N+]=[N-]. The smallest absolute Gasteiger partial charge is 0.163 e. The summed E-state index contributed by atoms with van der Waals surface area (Å²) in [5.74, 6) is -0.851. The minimum atomic E-state index is -0.643. The van der Waals surface area contributed by atoms with Gasteiger partial charge in [-0.3, -0.25) is 0 Å². The van der Waals surface area contributed by atoms with Crippen LogP contribution in [0.5, 0.6) is 0 Å². The van der Waals surface area contributed by atoms with Crippen molar-refractivity contribution in [1.29, 1.82) is 0 Å². The number of azide groups is 1. The number of aliphatic hydroxyl groups excluding tert-OH is 1. The summed E-state index contributed by atoms with van der Waals surface area (Å²) in [6.07, 6.45) is 16.6. The lowest BCUT2D eigenvalue weighted by atomic mass is 9.95. The highest BCUT2D eigenvalue weighted by molar-refractivity contribution is 4.87. The van der Waals surface area contributed by atoms with Crippen molar-refractivity contribution in [2.75, 3.05) is 13.2 Å². The largest absolute Gasteiger partial charge is 0.396 e. The molecule has 0 aromatic heterocycles. The Hall–Kier alpha value is -0.810. The third-order valence-corrected chi connectivity index (χ3v) is 5.64. The predicted octanol–water partition coefficient (Wildman–Crippen LogP) is 6.52. The van der Waals surface area contributed by atoms with Gasteiger partial charge in [0.1, 0.15) is 0 Å². The molecule has 1 heterocycles. The Labute approximate surface area is 172 Å². The molecule has 3 atom stereocenters. The molecule has 0 aromatic carbocycles. The molecule has 0 aliphatic carbocycles. The van der Waals surface area contributed by atoms with Crippen molar-refractivity contribution in [3.63, 3.8) is 0 Å². The molecule has 0 radical (unpaired) electrons. The molecule has 1 saturated heterocycles. The van der Waals surface area contributed by atoms with Gasteiger partial charge in [-0.1, -0.05) is 89.1 Å². The highest BCUT2D eigenvalue weighted by atomic mass is 16.8. The molecule has 164 valence electrons. The van der Waals surface area contributed by atoms with Crippen LogP contribution in [0.3, 0.4) is 0 Å². The number of ether oxygens (including phenoxy) is 2. The Balaban J connectivity index is 2.16. The van der Waals surface area contributed by atoms with Crippen LogP contribution < -0.4 is 0 Å². The van der Waals surface area contributed by atoms with E-state index in [4.69, 9.17) is 15.0 Å². The number of hydrogen-bond donors (Lipinski definition) is 1. The van der Waals surface area contributed by atoms with Crippen molar-refractivity contribution in [2.24, 2.45) is 11.0 Å². The molecular weight excluding hydrogens is 354 g/mol. The van der Waals surface area contributed by atoms with Crippen LogP contribution in [-0.2, 0) is 9.47 Å². The van der Waals surface area contributed by atoms with Gasteiger partial charge in [0, 0.05) is 24.0 Å². The zero-order valence-electron chi connectivity index (χ0n) is 18.4. The fraction of sp³-hybridized carbons (Fsp3) is 1.00. The summed E-state index contributed by atoms with van der Waals surface area (Å²) >= 11 is 0. The molecule has 6 nitrogen and oxygen atoms in total. The quantitative estimate of drug-likeness (QED) is 0.131. The van der Waals surface area contributed by atoms with Gasteiger partial charge >= 0.3 is 0 Å². The van der Waals surface area contributed by atoms with Crippen LogP contribution in [-0.4, -0.2) is 36.3 Å². The summed E-state index contributed by atoms with van der Waals surface area (Å²) in [6, 6.07) is 0. The Morgan fingerprint density at radius 1 is 0.929 bits per heavy atom. The van der Waals surface area contributed by atoms with Crippen molar-refractivity contribution in [1.82, 2.24) is 0 Å². The van der Waals surface area contributed by atoms with Crippen LogP contribution in [0.25, 0.3) is 10.4 Å². The number of hydrogen-bond acceptors (Lipinski definition) is 4. The fourth-order valence-electron chi connectivity index (χ4n) is 4.08. The van der Waals surface area contributed by atoms with Gasteiger partial charge in [-0.2, -0.15) is 0 Å². The summed E-state index contributed by atoms with van der Waals surface area (Å²) < 4.78 is 12.1. The third-order valence-electron chi connectivity index (χ3n) is 5.64. The van der Waals surface area contributed by atoms with Crippen LogP contribution in [0, 0.1) is 5.92 Å². The molecule has 0 saturated carbocycles. The molecule has 6 heteroatoms. The van der Waals surface area contributed by atoms with Crippen molar-refractivity contribution >= 4 is 0 Å². The van der Waals surface area contributed by atoms with Crippen molar-refractivity contribution < 1.29 is 14.6 Å². The molecule has 0 aromatic rings. The topological polar surface area (TPSA) is 87.5 Å². The van der Waals surface area contributed by atoms with Crippen LogP contribution in [0.2, 0.25) is 0 Å². The summed E-state index contributed by atoms with van der Waals surface area (Å²) in [6.45, 7) is 6.26. The molecule has 0 bridgehead atoms. The van der Waals surface area contributed by atoms with Gasteiger partial charge in [-0.25, -0.2) is 0 Å². The van der Waals surface area contributed by atoms with Crippen molar-refractivity contribution in [3.05, 3.63) is 10.4 Å². The molecule has 28 heavy (non-hydrogen) atoms. The van der Waals surface area contributed by atoms with Crippen LogP contribution >= 0.6 is 0 Å². The summed E-state index contributed by atoms with van der Waals surface area (Å²) in [4.78, 5) is 2.81. The lowest BCUT2D eigenvalue weighted by Crippen LogP contribution is -2.35. The zero-order chi connectivity index (χ0) is 20.7. The second-order valence-corrected chi connectivity index (χ2v) is 8.67. The highest BCUT2D eigenvalue weighted by Gasteiger charge is 2.44. The summed E-state index contributed by atoms with van der Waals surface area (Å²) in [5, 5.41) is 13.3. The normalized spacial score (nSPS) is 22.1. The molecule has 0 unspecified atom stereocenters. The second-order valence-electron chi connectivity index (χ2n) is 8.67. The van der Waals surface area contributed by atoms with E-state index in [1.807, 2.05) is 13.8 Å². The molecule has 0 spiro atoms. The second kappa shape index (κ2) is 15.1. The Morgan fingerprint density at radius 2 is 1.46 bits per heavy atom. The van der Waals surface area contributed by atoms with E-state index < -0.39 is 5.79 Å². The Bertz CT molecular complexity index is 439. The van der Waals surface area contributed by atoms with E-state index in [1.54, 1.807) is 0 Å². The molecule has 1 aliphatic heterocycles. The lowest BCUT2D eigenvalue weighted by molar-refractivity contribution is -0.151. The van der Waals surface area contributed by atoms with Crippen LogP contribution in [0.1, 0.15) is 104 Å². The molecule has 1 fully saturated rings. The predicted molar refractivity (Wildman–Crippen MR) is 114 cm³/mol. The van der Waals surface area contributed by atoms with E-state index >= 15 is 0 Å². The van der Waals surface area contributed by atoms with E-state index in [0.717, 1.165) is 12.8 Å². The van der Waals surface area contributed by atoms with Crippen LogP contribution in [0.4, 0.5) is 0 Å². The van der Waals surface area contributed by atoms with Crippen molar-refractivity contribution in [2.45, 2.75) is 122 Å². The maximum Gasteiger partial charge on any atom is 0.163 e. The number of nitrogens with zero attached hydrogens (tertiary/aromatic N) is 3. The van der Waals surface area contributed by atoms with Gasteiger partial charge in [0.05, 0.1) is 12.2 Å². The van der Waals surface area contributed by atoms with Crippen LogP contribution in [0.15, 0.2) is 5.11 Å². The molecule has 0 amide bonds. The maximum absolute atomic E-state index is 9.65. The first-order chi connectivity index (χ1) is 13.5. The Morgan fingerprint density at radius 3 is 1.96 bits per heavy atom. The van der Waals surface area contributed by atoms with E-state index in [0.29, 0.717) is 0 Å². The third kappa shape index (κ3) is 10.7. The maximum atomic E-state index is 9.65. The van der Waals surface area contributed by atoms with Gasteiger partial charge in [0.2, 0.25) is 0 Å². The number of aliphatic hydroxyl groups is 1. The molecule has 1 N–H and O–H groups in total. The summed E-state index contributed by atoms with van der Waals surface area (Å²) in [7, 11) is 0. The average Bonchev–Trinajstić information content (AvgIpc) is 2.97. The van der Waals surface area contributed by atoms with Crippen molar-refractivity contribution in [3.8, 4) is 0 Å². The van der Waals surface area contributed by atoms with Gasteiger partial charge < -0.3 is 14.6 Å². The summed E-state index contributed by atoms with van der Waals surface area (Å²) in [5.41, 5.74) is 8.55. The van der Waals surface area contributed by atoms with E-state index in [1.165, 1.54) is 70.6 Å². The Kier molecular flexibility index (Phi) is 13.6. The van der Waals surface area contributed by atoms with Gasteiger partial charge in [-0.05, 0) is 25.8 Å². The fourth-order valence-corrected chi connectivity index (χ4v) is 4.08. The van der Waals surface area contributed by atoms with Gasteiger partial charge in [0.15, 0.2) is 5.79 Å². The molecular formula is C22H43N3O3. The standard InChI is InChI=1S/C22H43N3O3/c1-4-5-6-7-8-9-10-11-12-13-14-15-16-20-21(28-22(2,3)27-20)19(18-26)17-24-25-23/h19-21,26H,4-18H2,1-3H3/t19-,20+,21-/m0/s1. The zero-order valence-corrected chi connectivity index (χ0v) is 18.4. The first kappa shape index (κ1) is 25.2. The minimum absolute atomic E-state index is 0.0378. The van der Waals surface area contributed by atoms with E-state index in [9.17, 15) is 5.11 Å². The van der Waals surface area contributed by atoms with Gasteiger partial charge in [-0.15, -0.1) is 0 Å². The molecule has 1 rings (SSSR count). The van der Waals surface area contributed by atoms with Gasteiger partial charge in [0.25, 0.3) is 0 Å². The minimum Gasteiger partial charge on any atom is -0.396 e.